The van der Waals surface area contributed by atoms with Crippen molar-refractivity contribution in [3.63, 3.8) is 0 Å². The molecule has 1 N–H and O–H groups in total. The van der Waals surface area contributed by atoms with Gasteiger partial charge in [0, 0.05) is 36.0 Å². The lowest BCUT2D eigenvalue weighted by molar-refractivity contribution is 0.0726. The smallest absolute Gasteiger partial charge is 0.257 e. The number of carbonyl (C=O) groups is 1. The Bertz CT molecular complexity index is 1160. The highest BCUT2D eigenvalue weighted by atomic mass is 32.1. The van der Waals surface area contributed by atoms with E-state index in [1.807, 2.05) is 0 Å². The molecule has 3 aromatic rings. The molecule has 0 aliphatic carbocycles. The van der Waals surface area contributed by atoms with Gasteiger partial charge in [0.1, 0.15) is 11.6 Å². The first kappa shape index (κ1) is 20.1. The van der Waals surface area contributed by atoms with Gasteiger partial charge < -0.3 is 9.88 Å². The lowest BCUT2D eigenvalue weighted by Crippen LogP contribution is -2.40. The van der Waals surface area contributed by atoms with Crippen LogP contribution in [0.1, 0.15) is 44.7 Å². The topological polar surface area (TPSA) is 69.3 Å². The molecule has 4 heterocycles. The van der Waals surface area contributed by atoms with Gasteiger partial charge in [-0.2, -0.15) is 0 Å². The number of aromatic amines is 1. The molecule has 2 aromatic heterocycles. The highest BCUT2D eigenvalue weighted by molar-refractivity contribution is 7.09. The van der Waals surface area contributed by atoms with E-state index in [0.717, 1.165) is 26.1 Å². The van der Waals surface area contributed by atoms with Gasteiger partial charge in [-0.25, -0.2) is 9.37 Å². The Morgan fingerprint density at radius 3 is 2.90 bits per heavy atom. The zero-order valence-electron chi connectivity index (χ0n) is 17.0. The molecule has 2 aliphatic rings. The average Bonchev–Trinajstić information content (AvgIpc) is 3.46. The van der Waals surface area contributed by atoms with Crippen molar-refractivity contribution >= 4 is 17.2 Å². The summed E-state index contributed by atoms with van der Waals surface area (Å²) < 4.78 is 14.1. The summed E-state index contributed by atoms with van der Waals surface area (Å²) >= 11 is 1.75. The van der Waals surface area contributed by atoms with Crippen molar-refractivity contribution in [2.45, 2.75) is 31.8 Å². The summed E-state index contributed by atoms with van der Waals surface area (Å²) in [5.41, 5.74) is 1.20. The quantitative estimate of drug-likeness (QED) is 0.680. The van der Waals surface area contributed by atoms with Gasteiger partial charge in [0.25, 0.3) is 11.5 Å². The van der Waals surface area contributed by atoms with E-state index in [1.165, 1.54) is 17.0 Å². The Kier molecular flexibility index (Phi) is 5.41. The molecule has 8 heteroatoms. The van der Waals surface area contributed by atoms with Gasteiger partial charge in [0.2, 0.25) is 0 Å². The van der Waals surface area contributed by atoms with Gasteiger partial charge in [-0.15, -0.1) is 11.3 Å². The van der Waals surface area contributed by atoms with Crippen molar-refractivity contribution in [2.24, 2.45) is 0 Å². The third kappa shape index (κ3) is 4.05. The van der Waals surface area contributed by atoms with Crippen LogP contribution in [0.4, 0.5) is 4.39 Å². The first-order valence-corrected chi connectivity index (χ1v) is 11.4. The lowest BCUT2D eigenvalue weighted by atomic mass is 10.0. The molecule has 160 valence electrons. The molecule has 5 rings (SSSR count). The Morgan fingerprint density at radius 2 is 2.10 bits per heavy atom. The molecule has 31 heavy (non-hydrogen) atoms. The minimum atomic E-state index is -0.533. The zero-order chi connectivity index (χ0) is 21.4. The van der Waals surface area contributed by atoms with Crippen LogP contribution in [0.2, 0.25) is 0 Å². The summed E-state index contributed by atoms with van der Waals surface area (Å²) in [5, 5.41) is 2.08. The minimum Gasteiger partial charge on any atom is -0.332 e. The van der Waals surface area contributed by atoms with Crippen LogP contribution in [0.3, 0.4) is 0 Å². The molecule has 0 saturated carbocycles. The van der Waals surface area contributed by atoms with Gasteiger partial charge in [0.05, 0.1) is 17.8 Å². The highest BCUT2D eigenvalue weighted by Gasteiger charge is 2.30. The number of nitrogens with one attached hydrogen (secondary N) is 1. The standard InChI is InChI=1S/C23H23FN4O2S/c24-19-6-2-1-5-17(19)23(30)28-10-8-18-20(14-28)25-21(26-22(18)29)15-7-9-27(12-15)13-16-4-3-11-31-16/h1-6,11,15H,7-10,12-14H2,(H,25,26,29)/t15-/m0/s1. The predicted molar refractivity (Wildman–Crippen MR) is 117 cm³/mol. The van der Waals surface area contributed by atoms with Crippen molar-refractivity contribution in [3.8, 4) is 0 Å². The molecular weight excluding hydrogens is 415 g/mol. The van der Waals surface area contributed by atoms with Gasteiger partial charge in [-0.1, -0.05) is 18.2 Å². The molecule has 0 bridgehead atoms. The van der Waals surface area contributed by atoms with E-state index < -0.39 is 5.82 Å². The molecule has 1 aromatic carbocycles. The molecule has 1 fully saturated rings. The fourth-order valence-corrected chi connectivity index (χ4v) is 5.20. The Hall–Kier alpha value is -2.84. The maximum atomic E-state index is 14.1. The number of likely N-dealkylation sites (tertiary alicyclic amines) is 1. The van der Waals surface area contributed by atoms with E-state index in [0.29, 0.717) is 30.0 Å². The second-order valence-corrected chi connectivity index (χ2v) is 9.17. The molecule has 0 radical (unpaired) electrons. The largest absolute Gasteiger partial charge is 0.332 e. The minimum absolute atomic E-state index is 0.0519. The number of thiophene rings is 1. The maximum Gasteiger partial charge on any atom is 0.257 e. The third-order valence-electron chi connectivity index (χ3n) is 6.10. The number of amides is 1. The van der Waals surface area contributed by atoms with E-state index in [-0.39, 0.29) is 29.5 Å². The SMILES string of the molecule is O=C(c1ccccc1F)N1CCc2c(nc([C@H]3CCN(Cc4cccs4)C3)[nH]c2=O)C1. The number of benzene rings is 1. The molecule has 1 saturated heterocycles. The van der Waals surface area contributed by atoms with Crippen LogP contribution in [0.25, 0.3) is 0 Å². The zero-order valence-corrected chi connectivity index (χ0v) is 17.8. The normalized spacial score (nSPS) is 18.9. The number of halogens is 1. The van der Waals surface area contributed by atoms with E-state index in [1.54, 1.807) is 28.4 Å². The number of H-pyrrole nitrogens is 1. The van der Waals surface area contributed by atoms with Crippen LogP contribution in [-0.4, -0.2) is 45.3 Å². The molecule has 6 nitrogen and oxygen atoms in total. The van der Waals surface area contributed by atoms with Gasteiger partial charge >= 0.3 is 0 Å². The van der Waals surface area contributed by atoms with E-state index in [4.69, 9.17) is 4.98 Å². The number of nitrogens with zero attached hydrogens (tertiary/aromatic N) is 3. The monoisotopic (exact) mass is 438 g/mol. The molecule has 0 unspecified atom stereocenters. The summed E-state index contributed by atoms with van der Waals surface area (Å²) in [7, 11) is 0. The molecular formula is C23H23FN4O2S. The number of aromatic nitrogens is 2. The van der Waals surface area contributed by atoms with E-state index >= 15 is 0 Å². The van der Waals surface area contributed by atoms with Crippen LogP contribution >= 0.6 is 11.3 Å². The van der Waals surface area contributed by atoms with Gasteiger partial charge in [0.15, 0.2) is 0 Å². The number of rotatable bonds is 4. The molecule has 0 spiro atoms. The van der Waals surface area contributed by atoms with Crippen molar-refractivity contribution in [1.29, 1.82) is 0 Å². The Labute approximate surface area is 183 Å². The molecule has 1 atom stereocenters. The third-order valence-corrected chi connectivity index (χ3v) is 6.96. The Morgan fingerprint density at radius 1 is 1.23 bits per heavy atom. The van der Waals surface area contributed by atoms with Crippen LogP contribution in [-0.2, 0) is 19.5 Å². The maximum absolute atomic E-state index is 14.1. The molecule has 1 amide bonds. The summed E-state index contributed by atoms with van der Waals surface area (Å²) in [6.45, 7) is 3.32. The van der Waals surface area contributed by atoms with Crippen LogP contribution < -0.4 is 5.56 Å². The summed E-state index contributed by atoms with van der Waals surface area (Å²) in [6.07, 6.45) is 1.36. The first-order chi connectivity index (χ1) is 15.1. The molecule has 2 aliphatic heterocycles. The highest BCUT2D eigenvalue weighted by Crippen LogP contribution is 2.27. The predicted octanol–water partition coefficient (Wildman–Crippen LogP) is 3.16. The average molecular weight is 439 g/mol. The second kappa shape index (κ2) is 8.36. The van der Waals surface area contributed by atoms with Crippen molar-refractivity contribution < 1.29 is 9.18 Å². The fraction of sp³-hybridized carbons (Fsp3) is 0.348. The summed E-state index contributed by atoms with van der Waals surface area (Å²) in [4.78, 5) is 38.6. The lowest BCUT2D eigenvalue weighted by Gasteiger charge is -2.28. The second-order valence-electron chi connectivity index (χ2n) is 8.13. The van der Waals surface area contributed by atoms with Crippen LogP contribution in [0.5, 0.6) is 0 Å². The summed E-state index contributed by atoms with van der Waals surface area (Å²) in [6, 6.07) is 10.2. The first-order valence-electron chi connectivity index (χ1n) is 10.5. The van der Waals surface area contributed by atoms with Crippen molar-refractivity contribution in [2.75, 3.05) is 19.6 Å². The van der Waals surface area contributed by atoms with E-state index in [9.17, 15) is 14.0 Å². The number of hydrogen-bond acceptors (Lipinski definition) is 5. The fourth-order valence-electron chi connectivity index (χ4n) is 4.45. The Balaban J connectivity index is 1.34. The van der Waals surface area contributed by atoms with Gasteiger partial charge in [-0.3, -0.25) is 14.5 Å². The van der Waals surface area contributed by atoms with Crippen LogP contribution in [0.15, 0.2) is 46.6 Å². The van der Waals surface area contributed by atoms with E-state index in [2.05, 4.69) is 27.4 Å². The number of carbonyl (C=O) groups excluding carboxylic acids is 1. The van der Waals surface area contributed by atoms with Crippen molar-refractivity contribution in [1.82, 2.24) is 19.8 Å². The summed E-state index contributed by atoms with van der Waals surface area (Å²) in [5.74, 6) is -0.0433. The van der Waals surface area contributed by atoms with Crippen LogP contribution in [0, 0.1) is 5.82 Å². The number of hydrogen-bond donors (Lipinski definition) is 1. The van der Waals surface area contributed by atoms with Crippen molar-refractivity contribution in [3.05, 3.63) is 85.5 Å². The number of fused-ring (bicyclic) bond motifs is 1. The van der Waals surface area contributed by atoms with Gasteiger partial charge in [-0.05, 0) is 43.0 Å².